The number of halogens is 1. The number of nitrogens with zero attached hydrogens (tertiary/aromatic N) is 1. The van der Waals surface area contributed by atoms with Gasteiger partial charge >= 0.3 is 0 Å². The number of carbonyl (C=O) groups excluding carboxylic acids is 2. The zero-order chi connectivity index (χ0) is 16.8. The Morgan fingerprint density at radius 3 is 2.39 bits per heavy atom. The highest BCUT2D eigenvalue weighted by Gasteiger charge is 2.29. The van der Waals surface area contributed by atoms with Crippen LogP contribution in [-0.4, -0.2) is 49.1 Å². The lowest BCUT2D eigenvalue weighted by Gasteiger charge is -2.32. The Balaban J connectivity index is 1.96. The zero-order valence-electron chi connectivity index (χ0n) is 13.5. The molecule has 23 heavy (non-hydrogen) atoms. The molecule has 1 aromatic rings. The number of ether oxygens (including phenoxy) is 1. The number of benzene rings is 1. The van der Waals surface area contributed by atoms with E-state index in [2.05, 4.69) is 5.32 Å². The highest BCUT2D eigenvalue weighted by molar-refractivity contribution is 5.88. The molecular formula is C17H23FN2O3. The third-order valence-electron chi connectivity index (χ3n) is 3.85. The molecule has 1 atom stereocenters. The van der Waals surface area contributed by atoms with E-state index in [-0.39, 0.29) is 30.0 Å². The Morgan fingerprint density at radius 2 is 1.83 bits per heavy atom. The first kappa shape index (κ1) is 17.4. The fourth-order valence-electron chi connectivity index (χ4n) is 2.51. The van der Waals surface area contributed by atoms with Crippen molar-refractivity contribution in [2.45, 2.75) is 26.3 Å². The summed E-state index contributed by atoms with van der Waals surface area (Å²) in [7, 11) is 0. The Kier molecular flexibility index (Phi) is 6.10. The van der Waals surface area contributed by atoms with E-state index in [9.17, 15) is 14.0 Å². The topological polar surface area (TPSA) is 58.6 Å². The summed E-state index contributed by atoms with van der Waals surface area (Å²) in [4.78, 5) is 26.5. The maximum Gasteiger partial charge on any atom is 0.245 e. The van der Waals surface area contributed by atoms with Crippen molar-refractivity contribution in [3.8, 4) is 0 Å². The van der Waals surface area contributed by atoms with Crippen LogP contribution in [0.15, 0.2) is 24.3 Å². The maximum atomic E-state index is 12.9. The molecule has 0 unspecified atom stereocenters. The molecule has 0 spiro atoms. The van der Waals surface area contributed by atoms with Crippen molar-refractivity contribution in [1.29, 1.82) is 0 Å². The van der Waals surface area contributed by atoms with Crippen LogP contribution in [0.25, 0.3) is 0 Å². The average molecular weight is 322 g/mol. The average Bonchev–Trinajstić information content (AvgIpc) is 2.55. The van der Waals surface area contributed by atoms with Crippen LogP contribution in [0.4, 0.5) is 4.39 Å². The summed E-state index contributed by atoms with van der Waals surface area (Å²) in [6, 6.07) is 5.23. The molecule has 0 bridgehead atoms. The van der Waals surface area contributed by atoms with Crippen molar-refractivity contribution < 1.29 is 18.7 Å². The number of amides is 2. The van der Waals surface area contributed by atoms with Crippen molar-refractivity contribution in [3.63, 3.8) is 0 Å². The molecule has 2 rings (SSSR count). The number of hydrogen-bond acceptors (Lipinski definition) is 3. The highest BCUT2D eigenvalue weighted by Crippen LogP contribution is 2.10. The molecule has 6 heteroatoms. The minimum Gasteiger partial charge on any atom is -0.378 e. The first-order valence-electron chi connectivity index (χ1n) is 7.87. The first-order chi connectivity index (χ1) is 11.0. The van der Waals surface area contributed by atoms with E-state index in [0.717, 1.165) is 0 Å². The van der Waals surface area contributed by atoms with Crippen molar-refractivity contribution in [1.82, 2.24) is 10.2 Å². The van der Waals surface area contributed by atoms with Gasteiger partial charge in [-0.3, -0.25) is 9.59 Å². The van der Waals surface area contributed by atoms with Crippen LogP contribution in [0.1, 0.15) is 19.4 Å². The van der Waals surface area contributed by atoms with Crippen LogP contribution in [0.3, 0.4) is 0 Å². The summed E-state index contributed by atoms with van der Waals surface area (Å²) in [5, 5.41) is 2.81. The van der Waals surface area contributed by atoms with E-state index >= 15 is 0 Å². The predicted molar refractivity (Wildman–Crippen MR) is 84.3 cm³/mol. The van der Waals surface area contributed by atoms with E-state index in [1.807, 2.05) is 13.8 Å². The fraction of sp³-hybridized carbons (Fsp3) is 0.529. The van der Waals surface area contributed by atoms with Gasteiger partial charge in [0.05, 0.1) is 19.6 Å². The molecule has 1 aromatic carbocycles. The van der Waals surface area contributed by atoms with Crippen molar-refractivity contribution in [2.24, 2.45) is 5.92 Å². The number of nitrogens with one attached hydrogen (secondary N) is 1. The SMILES string of the molecule is CC(C)[C@H](NC(=O)Cc1ccc(F)cc1)C(=O)N1CCOCC1. The van der Waals surface area contributed by atoms with E-state index < -0.39 is 6.04 Å². The van der Waals surface area contributed by atoms with Gasteiger partial charge in [0.2, 0.25) is 11.8 Å². The van der Waals surface area contributed by atoms with Gasteiger partial charge in [-0.2, -0.15) is 0 Å². The Morgan fingerprint density at radius 1 is 1.22 bits per heavy atom. The summed E-state index contributed by atoms with van der Waals surface area (Å²) < 4.78 is 18.1. The lowest BCUT2D eigenvalue weighted by molar-refractivity contribution is -0.141. The molecule has 5 nitrogen and oxygen atoms in total. The summed E-state index contributed by atoms with van der Waals surface area (Å²) in [5.74, 6) is -0.660. The highest BCUT2D eigenvalue weighted by atomic mass is 19.1. The summed E-state index contributed by atoms with van der Waals surface area (Å²) in [5.41, 5.74) is 0.713. The molecule has 1 aliphatic rings. The molecule has 2 amide bonds. The normalized spacial score (nSPS) is 16.3. The van der Waals surface area contributed by atoms with Gasteiger partial charge < -0.3 is 15.0 Å². The van der Waals surface area contributed by atoms with Crippen LogP contribution >= 0.6 is 0 Å². The van der Waals surface area contributed by atoms with Gasteiger partial charge in [0.1, 0.15) is 11.9 Å². The van der Waals surface area contributed by atoms with Gasteiger partial charge in [0.25, 0.3) is 0 Å². The van der Waals surface area contributed by atoms with E-state index in [1.165, 1.54) is 12.1 Å². The third-order valence-corrected chi connectivity index (χ3v) is 3.85. The number of carbonyl (C=O) groups is 2. The second-order valence-electron chi connectivity index (χ2n) is 6.03. The smallest absolute Gasteiger partial charge is 0.245 e. The Labute approximate surface area is 135 Å². The molecule has 126 valence electrons. The monoisotopic (exact) mass is 322 g/mol. The molecule has 1 N–H and O–H groups in total. The summed E-state index contributed by atoms with van der Waals surface area (Å²) in [6.45, 7) is 5.97. The van der Waals surface area contributed by atoms with Gasteiger partial charge in [0, 0.05) is 13.1 Å². The molecular weight excluding hydrogens is 299 g/mol. The Hall–Kier alpha value is -1.95. The standard InChI is InChI=1S/C17H23FN2O3/c1-12(2)16(17(22)20-7-9-23-10-8-20)19-15(21)11-13-3-5-14(18)6-4-13/h3-6,12,16H,7-11H2,1-2H3,(H,19,21)/t16-/m0/s1. The van der Waals surface area contributed by atoms with Crippen LogP contribution in [-0.2, 0) is 20.7 Å². The van der Waals surface area contributed by atoms with Crippen molar-refractivity contribution >= 4 is 11.8 Å². The number of rotatable bonds is 5. The van der Waals surface area contributed by atoms with E-state index in [0.29, 0.717) is 31.9 Å². The van der Waals surface area contributed by atoms with Gasteiger partial charge in [0.15, 0.2) is 0 Å². The quantitative estimate of drug-likeness (QED) is 0.891. The Bertz CT molecular complexity index is 539. The van der Waals surface area contributed by atoms with Crippen molar-refractivity contribution in [3.05, 3.63) is 35.6 Å². The van der Waals surface area contributed by atoms with Crippen LogP contribution in [0, 0.1) is 11.7 Å². The number of hydrogen-bond donors (Lipinski definition) is 1. The van der Waals surface area contributed by atoms with Crippen molar-refractivity contribution in [2.75, 3.05) is 26.3 Å². The molecule has 1 fully saturated rings. The maximum absolute atomic E-state index is 12.9. The van der Waals surface area contributed by atoms with Crippen LogP contribution in [0.5, 0.6) is 0 Å². The van der Waals surface area contributed by atoms with Crippen LogP contribution < -0.4 is 5.32 Å². The fourth-order valence-corrected chi connectivity index (χ4v) is 2.51. The van der Waals surface area contributed by atoms with Crippen LogP contribution in [0.2, 0.25) is 0 Å². The number of morpholine rings is 1. The minimum atomic E-state index is -0.555. The third kappa shape index (κ3) is 5.03. The van der Waals surface area contributed by atoms with Gasteiger partial charge in [-0.25, -0.2) is 4.39 Å². The van der Waals surface area contributed by atoms with E-state index in [1.54, 1.807) is 17.0 Å². The second kappa shape index (κ2) is 8.06. The first-order valence-corrected chi connectivity index (χ1v) is 7.87. The zero-order valence-corrected chi connectivity index (χ0v) is 13.5. The summed E-state index contributed by atoms with van der Waals surface area (Å²) >= 11 is 0. The summed E-state index contributed by atoms with van der Waals surface area (Å²) in [6.07, 6.45) is 0.125. The molecule has 0 saturated carbocycles. The molecule has 0 aromatic heterocycles. The van der Waals surface area contributed by atoms with Gasteiger partial charge in [-0.15, -0.1) is 0 Å². The largest absolute Gasteiger partial charge is 0.378 e. The van der Waals surface area contributed by atoms with E-state index in [4.69, 9.17) is 4.74 Å². The predicted octanol–water partition coefficient (Wildman–Crippen LogP) is 1.37. The molecule has 0 radical (unpaired) electrons. The minimum absolute atomic E-state index is 0.0116. The molecule has 1 saturated heterocycles. The lowest BCUT2D eigenvalue weighted by atomic mass is 10.0. The molecule has 0 aliphatic carbocycles. The van der Waals surface area contributed by atoms with Gasteiger partial charge in [-0.05, 0) is 23.6 Å². The van der Waals surface area contributed by atoms with Gasteiger partial charge in [-0.1, -0.05) is 26.0 Å². The molecule has 1 heterocycles. The second-order valence-corrected chi connectivity index (χ2v) is 6.03. The lowest BCUT2D eigenvalue weighted by Crippen LogP contribution is -2.54. The molecule has 1 aliphatic heterocycles.